The Morgan fingerprint density at radius 3 is 2.74 bits per heavy atom. The molecule has 120 valence electrons. The molecule has 0 bridgehead atoms. The number of nitrogens with zero attached hydrogens (tertiary/aromatic N) is 1. The average molecular weight is 329 g/mol. The van der Waals surface area contributed by atoms with Crippen molar-refractivity contribution in [2.24, 2.45) is 0 Å². The Morgan fingerprint density at radius 1 is 1.22 bits per heavy atom. The fourth-order valence-corrected chi connectivity index (χ4v) is 3.36. The van der Waals surface area contributed by atoms with Crippen molar-refractivity contribution in [3.63, 3.8) is 0 Å². The summed E-state index contributed by atoms with van der Waals surface area (Å²) in [4.78, 5) is 14.8. The minimum Gasteiger partial charge on any atom is -0.333 e. The van der Waals surface area contributed by atoms with E-state index in [0.29, 0.717) is 13.0 Å². The molecule has 4 heteroatoms. The van der Waals surface area contributed by atoms with Crippen molar-refractivity contribution in [1.82, 2.24) is 10.2 Å². The van der Waals surface area contributed by atoms with E-state index in [1.807, 2.05) is 60.4 Å². The summed E-state index contributed by atoms with van der Waals surface area (Å²) in [5, 5.41) is 4.09. The first-order valence-electron chi connectivity index (χ1n) is 7.96. The Hall–Kier alpha value is -1.84. The summed E-state index contributed by atoms with van der Waals surface area (Å²) in [5.74, 6) is 0.158. The van der Waals surface area contributed by atoms with Crippen LogP contribution in [0, 0.1) is 6.92 Å². The van der Waals surface area contributed by atoms with Gasteiger partial charge in [0.15, 0.2) is 0 Å². The van der Waals surface area contributed by atoms with E-state index in [0.717, 1.165) is 34.8 Å². The van der Waals surface area contributed by atoms with Crippen molar-refractivity contribution in [1.29, 1.82) is 0 Å². The molecule has 3 rings (SSSR count). The van der Waals surface area contributed by atoms with E-state index >= 15 is 0 Å². The maximum absolute atomic E-state index is 12.9. The van der Waals surface area contributed by atoms with Crippen LogP contribution >= 0.6 is 11.6 Å². The summed E-state index contributed by atoms with van der Waals surface area (Å²) in [6.07, 6.45) is 0.438. The quantitative estimate of drug-likeness (QED) is 0.937. The SMILES string of the molecule is Cc1ccccc1CC(=O)N1CCNCC1c1ccccc1Cl. The van der Waals surface area contributed by atoms with Crippen LogP contribution in [-0.4, -0.2) is 30.4 Å². The zero-order chi connectivity index (χ0) is 16.2. The molecule has 0 aliphatic carbocycles. The first kappa shape index (κ1) is 16.0. The molecule has 1 aliphatic rings. The molecule has 0 aromatic heterocycles. The molecule has 2 aromatic rings. The lowest BCUT2D eigenvalue weighted by Crippen LogP contribution is -2.49. The second-order valence-electron chi connectivity index (χ2n) is 5.93. The van der Waals surface area contributed by atoms with E-state index in [9.17, 15) is 4.79 Å². The van der Waals surface area contributed by atoms with Crippen LogP contribution in [0.4, 0.5) is 0 Å². The van der Waals surface area contributed by atoms with E-state index in [1.54, 1.807) is 0 Å². The second-order valence-corrected chi connectivity index (χ2v) is 6.34. The highest BCUT2D eigenvalue weighted by molar-refractivity contribution is 6.31. The Kier molecular flexibility index (Phi) is 4.99. The predicted molar refractivity (Wildman–Crippen MR) is 93.7 cm³/mol. The smallest absolute Gasteiger partial charge is 0.227 e. The number of hydrogen-bond donors (Lipinski definition) is 1. The number of aryl methyl sites for hydroxylation is 1. The van der Waals surface area contributed by atoms with Gasteiger partial charge in [-0.3, -0.25) is 4.79 Å². The average Bonchev–Trinajstić information content (AvgIpc) is 2.57. The molecule has 2 aromatic carbocycles. The minimum absolute atomic E-state index is 0.00558. The van der Waals surface area contributed by atoms with Crippen LogP contribution in [0.2, 0.25) is 5.02 Å². The molecule has 3 nitrogen and oxygen atoms in total. The molecule has 1 saturated heterocycles. The number of halogens is 1. The van der Waals surface area contributed by atoms with Crippen LogP contribution in [0.3, 0.4) is 0 Å². The Labute approximate surface area is 142 Å². The van der Waals surface area contributed by atoms with Gasteiger partial charge in [-0.15, -0.1) is 0 Å². The van der Waals surface area contributed by atoms with Gasteiger partial charge in [0.2, 0.25) is 5.91 Å². The van der Waals surface area contributed by atoms with Crippen LogP contribution in [0.15, 0.2) is 48.5 Å². The van der Waals surface area contributed by atoms with Crippen LogP contribution in [-0.2, 0) is 11.2 Å². The van der Waals surface area contributed by atoms with E-state index in [1.165, 1.54) is 0 Å². The first-order chi connectivity index (χ1) is 11.2. The molecule has 1 heterocycles. The second kappa shape index (κ2) is 7.16. The fraction of sp³-hybridized carbons (Fsp3) is 0.316. The summed E-state index contributed by atoms with van der Waals surface area (Å²) in [5.41, 5.74) is 3.26. The number of carbonyl (C=O) groups is 1. The molecule has 0 saturated carbocycles. The number of rotatable bonds is 3. The summed E-state index contributed by atoms with van der Waals surface area (Å²) >= 11 is 6.35. The number of benzene rings is 2. The van der Waals surface area contributed by atoms with Crippen molar-refractivity contribution in [2.45, 2.75) is 19.4 Å². The molecule has 23 heavy (non-hydrogen) atoms. The lowest BCUT2D eigenvalue weighted by atomic mass is 10.0. The van der Waals surface area contributed by atoms with E-state index < -0.39 is 0 Å². The van der Waals surface area contributed by atoms with Crippen molar-refractivity contribution in [3.05, 3.63) is 70.2 Å². The molecule has 1 amide bonds. The zero-order valence-electron chi connectivity index (χ0n) is 13.3. The third-order valence-electron chi connectivity index (χ3n) is 4.43. The first-order valence-corrected chi connectivity index (χ1v) is 8.33. The maximum atomic E-state index is 12.9. The fourth-order valence-electron chi connectivity index (χ4n) is 3.10. The van der Waals surface area contributed by atoms with Gasteiger partial charge < -0.3 is 10.2 Å². The third kappa shape index (κ3) is 3.57. The normalized spacial score (nSPS) is 18.0. The Morgan fingerprint density at radius 2 is 1.96 bits per heavy atom. The zero-order valence-corrected chi connectivity index (χ0v) is 14.0. The number of carbonyl (C=O) groups excluding carboxylic acids is 1. The van der Waals surface area contributed by atoms with Gasteiger partial charge in [-0.05, 0) is 29.7 Å². The van der Waals surface area contributed by atoms with Gasteiger partial charge in [0.25, 0.3) is 0 Å². The summed E-state index contributed by atoms with van der Waals surface area (Å²) in [6.45, 7) is 4.32. The van der Waals surface area contributed by atoms with Gasteiger partial charge in [-0.25, -0.2) is 0 Å². The van der Waals surface area contributed by atoms with E-state index in [4.69, 9.17) is 11.6 Å². The molecule has 1 atom stereocenters. The molecule has 1 unspecified atom stereocenters. The van der Waals surface area contributed by atoms with Gasteiger partial charge in [0, 0.05) is 24.7 Å². The highest BCUT2D eigenvalue weighted by Gasteiger charge is 2.29. The molecule has 1 N–H and O–H groups in total. The number of amides is 1. The largest absolute Gasteiger partial charge is 0.333 e. The minimum atomic E-state index is -0.00558. The number of hydrogen-bond acceptors (Lipinski definition) is 2. The van der Waals surface area contributed by atoms with Gasteiger partial charge in [-0.1, -0.05) is 54.1 Å². The highest BCUT2D eigenvalue weighted by atomic mass is 35.5. The van der Waals surface area contributed by atoms with Crippen LogP contribution < -0.4 is 5.32 Å². The molecule has 0 spiro atoms. The molecule has 1 fully saturated rings. The van der Waals surface area contributed by atoms with Gasteiger partial charge in [0.1, 0.15) is 0 Å². The summed E-state index contributed by atoms with van der Waals surface area (Å²) in [6, 6.07) is 15.8. The Balaban J connectivity index is 1.83. The Bertz CT molecular complexity index is 701. The van der Waals surface area contributed by atoms with Gasteiger partial charge in [-0.2, -0.15) is 0 Å². The van der Waals surface area contributed by atoms with Crippen molar-refractivity contribution >= 4 is 17.5 Å². The molecule has 0 radical (unpaired) electrons. The van der Waals surface area contributed by atoms with E-state index in [2.05, 4.69) is 5.32 Å². The monoisotopic (exact) mass is 328 g/mol. The highest BCUT2D eigenvalue weighted by Crippen LogP contribution is 2.29. The van der Waals surface area contributed by atoms with Crippen LogP contribution in [0.1, 0.15) is 22.7 Å². The van der Waals surface area contributed by atoms with Crippen molar-refractivity contribution in [3.8, 4) is 0 Å². The topological polar surface area (TPSA) is 32.3 Å². The molecule has 1 aliphatic heterocycles. The van der Waals surface area contributed by atoms with Crippen LogP contribution in [0.5, 0.6) is 0 Å². The van der Waals surface area contributed by atoms with Crippen molar-refractivity contribution in [2.75, 3.05) is 19.6 Å². The maximum Gasteiger partial charge on any atom is 0.227 e. The third-order valence-corrected chi connectivity index (χ3v) is 4.78. The predicted octanol–water partition coefficient (Wildman–Crippen LogP) is 3.36. The van der Waals surface area contributed by atoms with Crippen molar-refractivity contribution < 1.29 is 4.79 Å². The molecular weight excluding hydrogens is 308 g/mol. The lowest BCUT2D eigenvalue weighted by Gasteiger charge is -2.37. The van der Waals surface area contributed by atoms with Crippen LogP contribution in [0.25, 0.3) is 0 Å². The summed E-state index contributed by atoms with van der Waals surface area (Å²) in [7, 11) is 0. The number of piperazine rings is 1. The van der Waals surface area contributed by atoms with E-state index in [-0.39, 0.29) is 11.9 Å². The van der Waals surface area contributed by atoms with Gasteiger partial charge >= 0.3 is 0 Å². The molecular formula is C19H21ClN2O. The lowest BCUT2D eigenvalue weighted by molar-refractivity contribution is -0.133. The summed E-state index contributed by atoms with van der Waals surface area (Å²) < 4.78 is 0. The standard InChI is InChI=1S/C19H21ClN2O/c1-14-6-2-3-7-15(14)12-19(23)22-11-10-21-13-18(22)16-8-4-5-9-17(16)20/h2-9,18,21H,10-13H2,1H3. The number of nitrogens with one attached hydrogen (secondary N) is 1. The van der Waals surface area contributed by atoms with Gasteiger partial charge in [0.05, 0.1) is 12.5 Å².